The van der Waals surface area contributed by atoms with E-state index in [4.69, 9.17) is 11.6 Å². The SMILES string of the molecule is C/C=C/c1ccc2nc(NCC)ccc2c1.C=Cc1ccc2nc(NCC)ccc2c1.C=[CH][Sn]([CH2]CCC)([CH2]CCC)[CH2]CCC.CCNc1ccc2cc(Br)ccc2n1.Clc1ccc2cc(Br)ccc2n1. The molecule has 72 heavy (non-hydrogen) atoms. The van der Waals surface area contributed by atoms with Crippen LogP contribution in [0.5, 0.6) is 0 Å². The molecule has 0 bridgehead atoms. The van der Waals surface area contributed by atoms with Crippen molar-refractivity contribution in [2.24, 2.45) is 0 Å². The Bertz CT molecular complexity index is 2880. The van der Waals surface area contributed by atoms with E-state index in [1.807, 2.05) is 85.8 Å². The van der Waals surface area contributed by atoms with Crippen molar-refractivity contribution in [1.82, 2.24) is 19.9 Å². The van der Waals surface area contributed by atoms with Gasteiger partial charge in [-0.05, 0) is 148 Å². The van der Waals surface area contributed by atoms with E-state index < -0.39 is 18.4 Å². The van der Waals surface area contributed by atoms with Gasteiger partial charge >= 0.3 is 102 Å². The minimum atomic E-state index is -1.85. The van der Waals surface area contributed by atoms with Gasteiger partial charge in [-0.15, -0.1) is 0 Å². The fourth-order valence-corrected chi connectivity index (χ4v) is 21.8. The van der Waals surface area contributed by atoms with E-state index in [9.17, 15) is 0 Å². The number of allylic oxidation sites excluding steroid dienone is 1. The predicted octanol–water partition coefficient (Wildman–Crippen LogP) is 19.6. The van der Waals surface area contributed by atoms with Crippen molar-refractivity contribution in [3.05, 3.63) is 170 Å². The Hall–Kier alpha value is -4.81. The Kier molecular flexibility index (Phi) is 27.5. The summed E-state index contributed by atoms with van der Waals surface area (Å²) in [6.45, 7) is 25.8. The largest absolute Gasteiger partial charge is 0.370 e. The first-order valence-electron chi connectivity index (χ1n) is 25.7. The number of anilines is 3. The molecule has 11 heteroatoms. The van der Waals surface area contributed by atoms with E-state index in [1.165, 1.54) is 49.5 Å². The van der Waals surface area contributed by atoms with E-state index in [1.54, 1.807) is 19.4 Å². The van der Waals surface area contributed by atoms with Crippen LogP contribution in [0.15, 0.2) is 154 Å². The second-order valence-electron chi connectivity index (χ2n) is 17.5. The summed E-state index contributed by atoms with van der Waals surface area (Å²) in [4.78, 5) is 17.7. The van der Waals surface area contributed by atoms with Crippen molar-refractivity contribution >= 4 is 135 Å². The second-order valence-corrected chi connectivity index (χ2v) is 32.9. The van der Waals surface area contributed by atoms with Gasteiger partial charge in [-0.25, -0.2) is 19.9 Å². The molecule has 3 N–H and O–H groups in total. The fraction of sp³-hybridized carbons (Fsp3) is 0.311. The molecular weight excluding hydrogens is 1140 g/mol. The normalized spacial score (nSPS) is 10.8. The molecule has 0 saturated carbocycles. The van der Waals surface area contributed by atoms with E-state index in [0.717, 1.165) is 89.8 Å². The van der Waals surface area contributed by atoms with Gasteiger partial charge in [0.2, 0.25) is 0 Å². The first kappa shape index (κ1) is 59.7. The van der Waals surface area contributed by atoms with Gasteiger partial charge in [-0.3, -0.25) is 0 Å². The summed E-state index contributed by atoms with van der Waals surface area (Å²) in [5, 5.41) is 14.7. The van der Waals surface area contributed by atoms with Crippen LogP contribution in [-0.2, 0) is 0 Å². The Morgan fingerprint density at radius 3 is 1.25 bits per heavy atom. The third-order valence-electron chi connectivity index (χ3n) is 11.9. The predicted molar refractivity (Wildman–Crippen MR) is 330 cm³/mol. The molecule has 0 amide bonds. The maximum atomic E-state index is 5.74. The summed E-state index contributed by atoms with van der Waals surface area (Å²) in [5.74, 6) is 2.80. The summed E-state index contributed by atoms with van der Waals surface area (Å²) in [5.41, 5.74) is 6.33. The zero-order valence-corrected chi connectivity index (χ0v) is 50.5. The van der Waals surface area contributed by atoms with Crippen molar-refractivity contribution in [3.8, 4) is 0 Å². The molecule has 0 aliphatic heterocycles. The number of nitrogens with one attached hydrogen (secondary N) is 3. The van der Waals surface area contributed by atoms with Crippen LogP contribution in [0.1, 0.15) is 98.1 Å². The van der Waals surface area contributed by atoms with Gasteiger partial charge in [-0.2, -0.15) is 0 Å². The number of hydrogen-bond acceptors (Lipinski definition) is 7. The minimum absolute atomic E-state index is 0.532. The van der Waals surface area contributed by atoms with Crippen molar-refractivity contribution < 1.29 is 0 Å². The van der Waals surface area contributed by atoms with Crippen LogP contribution in [0.3, 0.4) is 0 Å². The van der Waals surface area contributed by atoms with Gasteiger partial charge in [0.25, 0.3) is 0 Å². The molecule has 0 aliphatic carbocycles. The summed E-state index contributed by atoms with van der Waals surface area (Å²) in [7, 11) is 0. The fourth-order valence-electron chi connectivity index (χ4n) is 7.99. The quantitative estimate of drug-likeness (QED) is 0.0583. The van der Waals surface area contributed by atoms with Crippen LogP contribution in [-0.4, -0.2) is 57.9 Å². The standard InChI is InChI=1S/C14H16N2.C13H14N2.C11H11BrN2.C9H5BrClN.3C4H9.C2H3.Sn/c1-3-5-11-6-8-13-12(10-11)7-9-14(16-13)15-4-2;1-3-10-5-7-12-11(9-10)6-8-13(15-12)14-4-2;1-2-13-11-6-3-8-7-9(12)4-5-10(8)14-11;10-7-2-3-8-6(5-7)1-4-9(11)12-8;3*1-3-4-2;1-2;/h3,5-10H,4H2,1-2H3,(H,15,16);3,5-9H,1,4H2,2H3,(H,14,15);3-7H,2H2,1H3,(H,13,14);1-5H;3*1,3-4H2,2H3;1H,2H2;/b5-3+;;;;;;;;. The molecule has 0 fully saturated rings. The van der Waals surface area contributed by atoms with Gasteiger partial charge in [0.15, 0.2) is 0 Å². The molecular formula is C61H76Br2ClN7Sn. The average molecular weight is 1220 g/mol. The summed E-state index contributed by atoms with van der Waals surface area (Å²) in [6, 6.07) is 40.4. The van der Waals surface area contributed by atoms with Crippen molar-refractivity contribution in [1.29, 1.82) is 0 Å². The van der Waals surface area contributed by atoms with E-state index in [0.29, 0.717) is 5.15 Å². The molecule has 0 spiro atoms. The first-order valence-corrected chi connectivity index (χ1v) is 35.3. The van der Waals surface area contributed by atoms with E-state index in [2.05, 4.69) is 181 Å². The zero-order chi connectivity index (χ0) is 52.1. The summed E-state index contributed by atoms with van der Waals surface area (Å²) >= 11 is 10.7. The number of rotatable bonds is 18. The van der Waals surface area contributed by atoms with Crippen LogP contribution in [0.25, 0.3) is 55.8 Å². The van der Waals surface area contributed by atoms with Crippen molar-refractivity contribution in [3.63, 3.8) is 0 Å². The average Bonchev–Trinajstić information content (AvgIpc) is 3.40. The van der Waals surface area contributed by atoms with Gasteiger partial charge in [0.05, 0.1) is 22.1 Å². The molecule has 0 radical (unpaired) electrons. The molecule has 4 aromatic carbocycles. The van der Waals surface area contributed by atoms with Crippen LogP contribution < -0.4 is 16.0 Å². The second kappa shape index (κ2) is 33.1. The van der Waals surface area contributed by atoms with Crippen LogP contribution in [0.2, 0.25) is 18.5 Å². The van der Waals surface area contributed by atoms with Crippen LogP contribution in [0, 0.1) is 0 Å². The van der Waals surface area contributed by atoms with E-state index >= 15 is 0 Å². The molecule has 8 aromatic rings. The number of halogens is 3. The molecule has 0 unspecified atom stereocenters. The summed E-state index contributed by atoms with van der Waals surface area (Å²) < 4.78 is 9.30. The monoisotopic (exact) mass is 1220 g/mol. The number of benzene rings is 4. The number of pyridine rings is 4. The third-order valence-corrected chi connectivity index (χ3v) is 27.1. The van der Waals surface area contributed by atoms with Gasteiger partial charge < -0.3 is 16.0 Å². The Balaban J connectivity index is 0.000000196. The number of nitrogens with zero attached hydrogens (tertiary/aromatic N) is 4. The maximum Gasteiger partial charge on any atom is 0.129 e. The van der Waals surface area contributed by atoms with Crippen LogP contribution >= 0.6 is 43.5 Å². The zero-order valence-electron chi connectivity index (χ0n) is 43.7. The smallest absolute Gasteiger partial charge is 0.129 e. The number of fused-ring (bicyclic) bond motifs is 4. The van der Waals surface area contributed by atoms with Gasteiger partial charge in [0.1, 0.15) is 22.6 Å². The number of aromatic nitrogens is 4. The number of unbranched alkanes of at least 4 members (excludes halogenated alkanes) is 3. The van der Waals surface area contributed by atoms with Gasteiger partial charge in [-0.1, -0.05) is 80.4 Å². The summed E-state index contributed by atoms with van der Waals surface area (Å²) in [6.07, 6.45) is 14.4. The Morgan fingerprint density at radius 2 is 0.861 bits per heavy atom. The Morgan fingerprint density at radius 1 is 0.486 bits per heavy atom. The molecule has 0 saturated heterocycles. The number of hydrogen-bond donors (Lipinski definition) is 3. The molecule has 0 aliphatic rings. The minimum Gasteiger partial charge on any atom is -0.370 e. The van der Waals surface area contributed by atoms with Crippen molar-refractivity contribution in [2.75, 3.05) is 35.6 Å². The molecule has 4 aromatic heterocycles. The topological polar surface area (TPSA) is 87.7 Å². The van der Waals surface area contributed by atoms with Crippen LogP contribution in [0.4, 0.5) is 17.5 Å². The molecule has 4 heterocycles. The third kappa shape index (κ3) is 20.2. The Labute approximate surface area is 457 Å². The molecule has 0 atom stereocenters. The van der Waals surface area contributed by atoms with Gasteiger partial charge in [0, 0.05) is 50.1 Å². The van der Waals surface area contributed by atoms with Crippen molar-refractivity contribution in [2.45, 2.75) is 100 Å². The van der Waals surface area contributed by atoms with E-state index in [-0.39, 0.29) is 0 Å². The maximum absolute atomic E-state index is 5.74. The first-order chi connectivity index (χ1) is 34.9. The molecule has 380 valence electrons. The molecule has 7 nitrogen and oxygen atoms in total. The molecule has 8 rings (SSSR count).